The first-order valence-electron chi connectivity index (χ1n) is 16.8. The zero-order valence-corrected chi connectivity index (χ0v) is 28.3. The van der Waals surface area contributed by atoms with Crippen LogP contribution in [0.2, 0.25) is 0 Å². The number of amides is 12. The minimum Gasteiger partial charge on any atom is -0.277 e. The number of hydrogen-bond acceptors (Lipinski definition) is 9. The van der Waals surface area contributed by atoms with Crippen LogP contribution in [0.25, 0.3) is 0 Å². The molecule has 3 fully saturated rings. The van der Waals surface area contributed by atoms with Gasteiger partial charge in [0.05, 0.1) is 17.1 Å². The summed E-state index contributed by atoms with van der Waals surface area (Å²) in [4.78, 5) is 121. The molecule has 0 aromatic heterocycles. The van der Waals surface area contributed by atoms with Gasteiger partial charge in [-0.25, -0.2) is 29.1 Å². The van der Waals surface area contributed by atoms with Gasteiger partial charge in [0, 0.05) is 0 Å². The number of urea groups is 3. The molecule has 3 heterocycles. The van der Waals surface area contributed by atoms with Crippen molar-refractivity contribution in [1.82, 2.24) is 16.0 Å². The lowest BCUT2D eigenvalue weighted by atomic mass is 9.87. The van der Waals surface area contributed by atoms with Crippen molar-refractivity contribution in [3.63, 3.8) is 0 Å². The third-order valence-electron chi connectivity index (χ3n) is 9.28. The lowest BCUT2D eigenvalue weighted by molar-refractivity contribution is -0.135. The fraction of sp³-hybridized carbons (Fsp3) is 0.154. The van der Waals surface area contributed by atoms with E-state index in [1.165, 1.54) is 36.4 Å². The SMILES string of the molecule is O=C1NC(=O)N(c2ccccc2)C(=O)C1Cc1cc(CC2C(=O)NC(=O)N(c3ccccc3)C2=O)cc(CC2C(=O)NC(=O)N(c3ccccc3)C2=O)c1. The van der Waals surface area contributed by atoms with Crippen LogP contribution in [-0.2, 0) is 48.0 Å². The summed E-state index contributed by atoms with van der Waals surface area (Å²) in [5.74, 6) is -9.07. The van der Waals surface area contributed by atoms with E-state index in [0.29, 0.717) is 16.7 Å². The molecule has 3 aliphatic heterocycles. The summed E-state index contributed by atoms with van der Waals surface area (Å²) in [5, 5.41) is 6.66. The van der Waals surface area contributed by atoms with Crippen LogP contribution in [-0.4, -0.2) is 53.5 Å². The molecule has 0 bridgehead atoms. The number of para-hydroxylation sites is 3. The maximum atomic E-state index is 13.7. The van der Waals surface area contributed by atoms with Gasteiger partial charge in [0.15, 0.2) is 0 Å². The Hall–Kier alpha value is -7.29. The minimum atomic E-state index is -1.39. The molecule has 54 heavy (non-hydrogen) atoms. The minimum absolute atomic E-state index is 0.241. The molecule has 0 spiro atoms. The summed E-state index contributed by atoms with van der Waals surface area (Å²) in [5.41, 5.74) is 1.76. The second kappa shape index (κ2) is 14.4. The number of benzene rings is 4. The molecule has 4 aromatic rings. The molecule has 0 aliphatic carbocycles. The van der Waals surface area contributed by atoms with Crippen LogP contribution in [0.4, 0.5) is 31.4 Å². The third-order valence-corrected chi connectivity index (χ3v) is 9.28. The summed E-state index contributed by atoms with van der Waals surface area (Å²) in [6.07, 6.45) is -0.747. The molecule has 12 amide bonds. The second-order valence-corrected chi connectivity index (χ2v) is 12.8. The Morgan fingerprint density at radius 3 is 0.852 bits per heavy atom. The smallest absolute Gasteiger partial charge is 0.277 e. The van der Waals surface area contributed by atoms with E-state index in [4.69, 9.17) is 0 Å². The van der Waals surface area contributed by atoms with Crippen LogP contribution in [0.5, 0.6) is 0 Å². The molecule has 270 valence electrons. The van der Waals surface area contributed by atoms with Crippen LogP contribution < -0.4 is 30.7 Å². The maximum Gasteiger partial charge on any atom is 0.335 e. The number of anilines is 3. The van der Waals surface area contributed by atoms with E-state index in [9.17, 15) is 43.2 Å². The lowest BCUT2D eigenvalue weighted by Crippen LogP contribution is -2.59. The van der Waals surface area contributed by atoms with Gasteiger partial charge in [-0.15, -0.1) is 0 Å². The topological polar surface area (TPSA) is 199 Å². The molecule has 3 atom stereocenters. The number of imide groups is 6. The van der Waals surface area contributed by atoms with E-state index >= 15 is 0 Å². The summed E-state index contributed by atoms with van der Waals surface area (Å²) >= 11 is 0. The van der Waals surface area contributed by atoms with Gasteiger partial charge < -0.3 is 0 Å². The molecule has 15 nitrogen and oxygen atoms in total. The first-order valence-corrected chi connectivity index (χ1v) is 16.8. The molecular formula is C39H30N6O9. The highest BCUT2D eigenvalue weighted by Gasteiger charge is 2.44. The Bertz CT molecular complexity index is 1980. The predicted molar refractivity (Wildman–Crippen MR) is 190 cm³/mol. The fourth-order valence-electron chi connectivity index (χ4n) is 6.75. The van der Waals surface area contributed by atoms with Gasteiger partial charge in [-0.1, -0.05) is 72.8 Å². The van der Waals surface area contributed by atoms with E-state index in [2.05, 4.69) is 16.0 Å². The molecule has 7 rings (SSSR count). The van der Waals surface area contributed by atoms with E-state index in [1.54, 1.807) is 72.8 Å². The van der Waals surface area contributed by atoms with Crippen molar-refractivity contribution < 1.29 is 43.2 Å². The Morgan fingerprint density at radius 1 is 0.370 bits per heavy atom. The number of rotatable bonds is 9. The molecule has 3 aliphatic rings. The van der Waals surface area contributed by atoms with Gasteiger partial charge in [-0.05, 0) is 72.4 Å². The van der Waals surface area contributed by atoms with Gasteiger partial charge in [0.25, 0.3) is 0 Å². The molecule has 3 unspecified atom stereocenters. The Balaban J connectivity index is 1.24. The Morgan fingerprint density at radius 2 is 0.611 bits per heavy atom. The average Bonchev–Trinajstić information content (AvgIpc) is 3.15. The van der Waals surface area contributed by atoms with Crippen molar-refractivity contribution in [1.29, 1.82) is 0 Å². The highest BCUT2D eigenvalue weighted by atomic mass is 16.2. The summed E-state index contributed by atoms with van der Waals surface area (Å²) in [7, 11) is 0. The van der Waals surface area contributed by atoms with Crippen LogP contribution in [0, 0.1) is 17.8 Å². The van der Waals surface area contributed by atoms with E-state index in [0.717, 1.165) is 14.7 Å². The number of carbonyl (C=O) groups is 9. The summed E-state index contributed by atoms with van der Waals surface area (Å²) < 4.78 is 0. The Kier molecular flexibility index (Phi) is 9.36. The third kappa shape index (κ3) is 6.72. The first kappa shape index (κ1) is 35.1. The van der Waals surface area contributed by atoms with Crippen LogP contribution in [0.3, 0.4) is 0 Å². The standard InChI is InChI=1S/C39H30N6O9/c46-31-28(34(49)43(37(52)40-31)25-10-4-1-5-11-25)19-22-16-23(20-29-32(47)41-38(53)44(35(29)50)26-12-6-2-7-13-26)18-24(17-22)21-30-33(48)42-39(54)45(36(30)51)27-14-8-3-9-15-27/h1-18,28-30H,19-21H2,(H,40,46,52)(H,41,47,53)(H,42,48,54). The number of hydrogen-bond donors (Lipinski definition) is 3. The van der Waals surface area contributed by atoms with Crippen molar-refractivity contribution >= 4 is 70.6 Å². The molecule has 3 saturated heterocycles. The van der Waals surface area contributed by atoms with E-state index in [1.807, 2.05) is 0 Å². The van der Waals surface area contributed by atoms with Crippen molar-refractivity contribution in [2.24, 2.45) is 17.8 Å². The number of nitrogens with one attached hydrogen (secondary N) is 3. The molecule has 0 radical (unpaired) electrons. The molecule has 3 N–H and O–H groups in total. The van der Waals surface area contributed by atoms with Crippen LogP contribution >= 0.6 is 0 Å². The van der Waals surface area contributed by atoms with Gasteiger partial charge >= 0.3 is 18.1 Å². The van der Waals surface area contributed by atoms with Gasteiger partial charge in [-0.3, -0.25) is 44.7 Å². The molecular weight excluding hydrogens is 696 g/mol. The van der Waals surface area contributed by atoms with Crippen LogP contribution in [0.1, 0.15) is 16.7 Å². The van der Waals surface area contributed by atoms with Gasteiger partial charge in [0.2, 0.25) is 35.4 Å². The van der Waals surface area contributed by atoms with E-state index in [-0.39, 0.29) is 36.3 Å². The summed E-state index contributed by atoms with van der Waals surface area (Å²) in [6.45, 7) is 0. The van der Waals surface area contributed by atoms with Crippen molar-refractivity contribution in [2.45, 2.75) is 19.3 Å². The second-order valence-electron chi connectivity index (χ2n) is 12.8. The van der Waals surface area contributed by atoms with Gasteiger partial charge in [0.1, 0.15) is 17.8 Å². The average molecular weight is 727 g/mol. The van der Waals surface area contributed by atoms with Crippen molar-refractivity contribution in [2.75, 3.05) is 14.7 Å². The summed E-state index contributed by atoms with van der Waals surface area (Å²) in [6, 6.07) is 26.0. The van der Waals surface area contributed by atoms with Crippen LogP contribution in [0.15, 0.2) is 109 Å². The highest BCUT2D eigenvalue weighted by molar-refractivity contribution is 6.29. The zero-order valence-electron chi connectivity index (χ0n) is 28.3. The number of barbiturate groups is 3. The van der Waals surface area contributed by atoms with E-state index < -0.39 is 71.3 Å². The fourth-order valence-corrected chi connectivity index (χ4v) is 6.75. The van der Waals surface area contributed by atoms with Gasteiger partial charge in [-0.2, -0.15) is 0 Å². The Labute approximate surface area is 306 Å². The predicted octanol–water partition coefficient (Wildman–Crippen LogP) is 3.01. The highest BCUT2D eigenvalue weighted by Crippen LogP contribution is 2.29. The number of nitrogens with zero attached hydrogens (tertiary/aromatic N) is 3. The van der Waals surface area contributed by atoms with Crippen molar-refractivity contribution in [3.05, 3.63) is 126 Å². The first-order chi connectivity index (χ1) is 26.0. The molecule has 15 heteroatoms. The maximum absolute atomic E-state index is 13.7. The normalized spacial score (nSPS) is 20.6. The number of carbonyl (C=O) groups excluding carboxylic acids is 9. The zero-order chi connectivity index (χ0) is 38.1. The molecule has 4 aromatic carbocycles. The van der Waals surface area contributed by atoms with Crippen molar-refractivity contribution in [3.8, 4) is 0 Å². The lowest BCUT2D eigenvalue weighted by Gasteiger charge is -2.31. The monoisotopic (exact) mass is 726 g/mol. The quantitative estimate of drug-likeness (QED) is 0.217. The molecule has 0 saturated carbocycles. The largest absolute Gasteiger partial charge is 0.335 e.